The number of aromatic nitrogens is 1. The molecule has 0 saturated heterocycles. The van der Waals surface area contributed by atoms with Crippen LogP contribution in [-0.2, 0) is 5.41 Å². The van der Waals surface area contributed by atoms with Gasteiger partial charge in [-0.15, -0.1) is 0 Å². The van der Waals surface area contributed by atoms with Crippen molar-refractivity contribution in [1.82, 2.24) is 4.57 Å². The van der Waals surface area contributed by atoms with Gasteiger partial charge >= 0.3 is 0 Å². The lowest BCUT2D eigenvalue weighted by Gasteiger charge is -2.33. The van der Waals surface area contributed by atoms with Crippen LogP contribution in [0.5, 0.6) is 0 Å². The van der Waals surface area contributed by atoms with Crippen LogP contribution in [0.4, 0.5) is 34.1 Å². The minimum Gasteiger partial charge on any atom is -0.310 e. The Hall–Kier alpha value is -8.92. The average molecular weight is 866 g/mol. The Kier molecular flexibility index (Phi) is 8.50. The van der Waals surface area contributed by atoms with Crippen LogP contribution in [0, 0.1) is 0 Å². The molecule has 0 bridgehead atoms. The molecule has 3 nitrogen and oxygen atoms in total. The predicted octanol–water partition coefficient (Wildman–Crippen LogP) is 17.2. The van der Waals surface area contributed by atoms with Crippen molar-refractivity contribution < 1.29 is 0 Å². The van der Waals surface area contributed by atoms with Gasteiger partial charge in [-0.1, -0.05) is 188 Å². The number of para-hydroxylation sites is 4. The van der Waals surface area contributed by atoms with E-state index in [0.717, 1.165) is 39.8 Å². The number of nitrogens with zero attached hydrogens (tertiary/aromatic N) is 3. The van der Waals surface area contributed by atoms with Gasteiger partial charge in [-0.05, 0) is 112 Å². The Labute approximate surface area is 395 Å². The van der Waals surface area contributed by atoms with Crippen molar-refractivity contribution in [2.45, 2.75) is 5.41 Å². The fraction of sp³-hybridized carbons (Fsp3) is 0.0154. The maximum absolute atomic E-state index is 2.48. The first-order valence-electron chi connectivity index (χ1n) is 23.5. The molecule has 1 aromatic heterocycles. The molecule has 1 spiro atoms. The summed E-state index contributed by atoms with van der Waals surface area (Å²) in [5.74, 6) is 0. The SMILES string of the molecule is c1ccc(N(c2ccc3c4ccccc4n(-c4ccccc4)c3c2)c2cccc3c2-c2ccccc2C32c3ccccc3-c3c(N(c4ccccc4)c4cccc5ccccc45)cccc32)cc1. The molecule has 318 valence electrons. The predicted molar refractivity (Wildman–Crippen MR) is 284 cm³/mol. The molecule has 2 aliphatic carbocycles. The summed E-state index contributed by atoms with van der Waals surface area (Å²) in [7, 11) is 0. The molecule has 0 fully saturated rings. The summed E-state index contributed by atoms with van der Waals surface area (Å²) < 4.78 is 2.41. The lowest BCUT2D eigenvalue weighted by Crippen LogP contribution is -2.26. The summed E-state index contributed by atoms with van der Waals surface area (Å²) in [6.07, 6.45) is 0. The molecule has 2 aliphatic rings. The molecule has 0 radical (unpaired) electrons. The monoisotopic (exact) mass is 865 g/mol. The second-order valence-corrected chi connectivity index (χ2v) is 18.0. The topological polar surface area (TPSA) is 11.4 Å². The zero-order valence-corrected chi connectivity index (χ0v) is 37.2. The van der Waals surface area contributed by atoms with Crippen LogP contribution in [0.1, 0.15) is 22.3 Å². The molecule has 0 aliphatic heterocycles. The highest BCUT2D eigenvalue weighted by molar-refractivity contribution is 6.11. The average Bonchev–Trinajstić information content (AvgIpc) is 4.02. The maximum atomic E-state index is 2.48. The van der Waals surface area contributed by atoms with E-state index in [1.165, 1.54) is 77.1 Å². The van der Waals surface area contributed by atoms with Gasteiger partial charge in [-0.2, -0.15) is 0 Å². The van der Waals surface area contributed by atoms with Gasteiger partial charge in [0.05, 0.1) is 33.5 Å². The van der Waals surface area contributed by atoms with Crippen LogP contribution in [-0.4, -0.2) is 4.57 Å². The first kappa shape index (κ1) is 38.4. The van der Waals surface area contributed by atoms with E-state index in [1.54, 1.807) is 0 Å². The first-order valence-corrected chi connectivity index (χ1v) is 23.5. The summed E-state index contributed by atoms with van der Waals surface area (Å²) >= 11 is 0. The molecule has 0 amide bonds. The normalized spacial score (nSPS) is 14.2. The van der Waals surface area contributed by atoms with E-state index in [9.17, 15) is 0 Å². The number of rotatable bonds is 7. The third-order valence-electron chi connectivity index (χ3n) is 14.5. The Morgan fingerprint density at radius 1 is 0.294 bits per heavy atom. The zero-order valence-electron chi connectivity index (χ0n) is 37.2. The third kappa shape index (κ3) is 5.41. The Balaban J connectivity index is 1.04. The molecule has 1 atom stereocenters. The fourth-order valence-corrected chi connectivity index (χ4v) is 11.9. The lowest BCUT2D eigenvalue weighted by molar-refractivity contribution is 0.793. The molecule has 14 rings (SSSR count). The Morgan fingerprint density at radius 2 is 0.765 bits per heavy atom. The molecule has 68 heavy (non-hydrogen) atoms. The molecule has 12 aromatic rings. The van der Waals surface area contributed by atoms with Crippen LogP contribution in [0.15, 0.2) is 261 Å². The lowest BCUT2D eigenvalue weighted by atomic mass is 9.70. The van der Waals surface area contributed by atoms with E-state index in [0.29, 0.717) is 0 Å². The summed E-state index contributed by atoms with van der Waals surface area (Å²) in [5, 5.41) is 4.89. The van der Waals surface area contributed by atoms with E-state index in [-0.39, 0.29) is 0 Å². The van der Waals surface area contributed by atoms with E-state index in [1.807, 2.05) is 0 Å². The first-order chi connectivity index (χ1) is 33.8. The standard InChI is InChI=1S/C65H43N3/c1-4-23-45(24-5-1)66(48-41-42-51-50-30-14-17-37-59(50)68(62(51)43-48)47-27-8-3-9-28-47)60-39-19-35-56-63(60)52-31-12-15-33-54(52)65(56)55-34-16-13-32-53(55)64-57(65)36-20-40-61(64)67(46-25-6-2-7-26-46)58-38-18-22-44-21-10-11-29-49(44)58/h1-43H. The quantitative estimate of drug-likeness (QED) is 0.158. The Morgan fingerprint density at radius 3 is 1.44 bits per heavy atom. The van der Waals surface area contributed by atoms with Crippen molar-refractivity contribution in [3.63, 3.8) is 0 Å². The molecular weight excluding hydrogens is 823 g/mol. The molecule has 1 unspecified atom stereocenters. The molecule has 11 aromatic carbocycles. The van der Waals surface area contributed by atoms with E-state index < -0.39 is 5.41 Å². The second-order valence-electron chi connectivity index (χ2n) is 18.0. The van der Waals surface area contributed by atoms with Crippen LogP contribution in [0.3, 0.4) is 0 Å². The maximum Gasteiger partial charge on any atom is 0.0727 e. The van der Waals surface area contributed by atoms with Crippen LogP contribution < -0.4 is 9.80 Å². The minimum absolute atomic E-state index is 0.586. The van der Waals surface area contributed by atoms with Gasteiger partial charge in [0.1, 0.15) is 0 Å². The summed E-state index contributed by atoms with van der Waals surface area (Å²) in [5.41, 5.74) is 19.9. The van der Waals surface area contributed by atoms with Gasteiger partial charge in [-0.3, -0.25) is 0 Å². The second kappa shape index (κ2) is 15.1. The molecule has 0 N–H and O–H groups in total. The number of fused-ring (bicyclic) bond motifs is 14. The van der Waals surface area contributed by atoms with Gasteiger partial charge in [0.25, 0.3) is 0 Å². The van der Waals surface area contributed by atoms with Crippen LogP contribution >= 0.6 is 0 Å². The number of benzene rings is 11. The van der Waals surface area contributed by atoms with Gasteiger partial charge < -0.3 is 14.4 Å². The van der Waals surface area contributed by atoms with Crippen LogP contribution in [0.2, 0.25) is 0 Å². The van der Waals surface area contributed by atoms with Crippen LogP contribution in [0.25, 0.3) is 60.5 Å². The molecule has 0 saturated carbocycles. The number of hydrogen-bond acceptors (Lipinski definition) is 2. The van der Waals surface area contributed by atoms with Crippen molar-refractivity contribution in [2.75, 3.05) is 9.80 Å². The van der Waals surface area contributed by atoms with Crippen molar-refractivity contribution in [3.8, 4) is 27.9 Å². The van der Waals surface area contributed by atoms with Gasteiger partial charge in [0.2, 0.25) is 0 Å². The highest BCUT2D eigenvalue weighted by Crippen LogP contribution is 2.66. The van der Waals surface area contributed by atoms with Crippen molar-refractivity contribution in [2.24, 2.45) is 0 Å². The summed E-state index contributed by atoms with van der Waals surface area (Å²) in [4.78, 5) is 4.97. The molecule has 3 heteroatoms. The third-order valence-corrected chi connectivity index (χ3v) is 14.5. The van der Waals surface area contributed by atoms with Gasteiger partial charge in [0, 0.05) is 50.0 Å². The van der Waals surface area contributed by atoms with Gasteiger partial charge in [-0.25, -0.2) is 0 Å². The van der Waals surface area contributed by atoms with Crippen molar-refractivity contribution in [3.05, 3.63) is 283 Å². The summed E-state index contributed by atoms with van der Waals surface area (Å²) in [6, 6.07) is 96.1. The van der Waals surface area contributed by atoms with E-state index in [4.69, 9.17) is 0 Å². The largest absolute Gasteiger partial charge is 0.310 e. The number of hydrogen-bond donors (Lipinski definition) is 0. The fourth-order valence-electron chi connectivity index (χ4n) is 11.9. The molecule has 1 heterocycles. The van der Waals surface area contributed by atoms with Gasteiger partial charge in [0.15, 0.2) is 0 Å². The van der Waals surface area contributed by atoms with E-state index in [2.05, 4.69) is 275 Å². The number of anilines is 6. The smallest absolute Gasteiger partial charge is 0.0727 e. The van der Waals surface area contributed by atoms with Crippen molar-refractivity contribution in [1.29, 1.82) is 0 Å². The summed E-state index contributed by atoms with van der Waals surface area (Å²) in [6.45, 7) is 0. The highest BCUT2D eigenvalue weighted by atomic mass is 15.2. The molecular formula is C65H43N3. The zero-order chi connectivity index (χ0) is 44.8. The minimum atomic E-state index is -0.586. The van der Waals surface area contributed by atoms with Crippen molar-refractivity contribution >= 4 is 66.7 Å². The van der Waals surface area contributed by atoms with E-state index >= 15 is 0 Å². The Bertz CT molecular complexity index is 3920. The highest BCUT2D eigenvalue weighted by Gasteiger charge is 2.53.